The van der Waals surface area contributed by atoms with Crippen LogP contribution in [-0.2, 0) is 15.1 Å². The van der Waals surface area contributed by atoms with E-state index in [4.69, 9.17) is 9.47 Å². The van der Waals surface area contributed by atoms with Crippen LogP contribution in [0.25, 0.3) is 0 Å². The fraction of sp³-hybridized carbons (Fsp3) is 0.238. The zero-order valence-electron chi connectivity index (χ0n) is 14.3. The van der Waals surface area contributed by atoms with Crippen molar-refractivity contribution in [1.29, 1.82) is 0 Å². The Kier molecular flexibility index (Phi) is 5.25. The molecule has 1 aliphatic rings. The lowest BCUT2D eigenvalue weighted by Crippen LogP contribution is -2.39. The highest BCUT2D eigenvalue weighted by Crippen LogP contribution is 2.43. The van der Waals surface area contributed by atoms with Crippen molar-refractivity contribution in [3.8, 4) is 0 Å². The first-order valence-corrected chi connectivity index (χ1v) is 8.86. The average molecular weight is 401 g/mol. The number of allylic oxidation sites excluding steroid dienone is 2. The van der Waals surface area contributed by atoms with Crippen LogP contribution in [0.2, 0.25) is 0 Å². The smallest absolute Gasteiger partial charge is 0.191 e. The molecule has 4 heteroatoms. The molecule has 0 saturated heterocycles. The highest BCUT2D eigenvalue weighted by molar-refractivity contribution is 9.10. The molecule has 2 aromatic rings. The minimum Gasteiger partial charge on any atom is -0.376 e. The topological polar surface area (TPSA) is 38.7 Å². The third-order valence-electron chi connectivity index (χ3n) is 4.67. The maximum Gasteiger partial charge on any atom is 0.191 e. The van der Waals surface area contributed by atoms with Gasteiger partial charge >= 0.3 is 0 Å². The summed E-state index contributed by atoms with van der Waals surface area (Å²) in [6.45, 7) is 0. The summed E-state index contributed by atoms with van der Waals surface area (Å²) in [5.74, 6) is -0.876. The van der Waals surface area contributed by atoms with Crippen molar-refractivity contribution in [1.82, 2.24) is 0 Å². The molecule has 130 valence electrons. The molecule has 0 aliphatic heterocycles. The third kappa shape index (κ3) is 3.35. The van der Waals surface area contributed by atoms with E-state index in [1.807, 2.05) is 72.8 Å². The first-order chi connectivity index (χ1) is 12.0. The zero-order valence-corrected chi connectivity index (χ0v) is 15.9. The first kappa shape index (κ1) is 18.1. The molecule has 3 rings (SSSR count). The fourth-order valence-electron chi connectivity index (χ4n) is 3.24. The van der Waals surface area contributed by atoms with Crippen molar-refractivity contribution < 1.29 is 14.6 Å². The van der Waals surface area contributed by atoms with Gasteiger partial charge < -0.3 is 14.6 Å². The molecule has 0 bridgehead atoms. The second-order valence-corrected chi connectivity index (χ2v) is 6.95. The molecular weight excluding hydrogens is 380 g/mol. The highest BCUT2D eigenvalue weighted by Gasteiger charge is 2.41. The maximum absolute atomic E-state index is 11.9. The number of aliphatic hydroxyl groups is 1. The molecule has 3 nitrogen and oxygen atoms in total. The number of methoxy groups -OCH3 is 2. The van der Waals surface area contributed by atoms with E-state index in [1.165, 1.54) is 0 Å². The summed E-state index contributed by atoms with van der Waals surface area (Å²) in [7, 11) is 3.22. The van der Waals surface area contributed by atoms with Crippen LogP contribution in [0.5, 0.6) is 0 Å². The quantitative estimate of drug-likeness (QED) is 0.747. The lowest BCUT2D eigenvalue weighted by molar-refractivity contribution is -0.172. The van der Waals surface area contributed by atoms with E-state index in [0.29, 0.717) is 6.42 Å². The molecule has 0 radical (unpaired) electrons. The molecule has 0 unspecified atom stereocenters. The van der Waals surface area contributed by atoms with Gasteiger partial charge in [-0.2, -0.15) is 0 Å². The van der Waals surface area contributed by atoms with Crippen LogP contribution in [0.4, 0.5) is 0 Å². The number of benzene rings is 2. The van der Waals surface area contributed by atoms with Crippen molar-refractivity contribution in [2.75, 3.05) is 14.2 Å². The maximum atomic E-state index is 11.9. The van der Waals surface area contributed by atoms with E-state index in [1.54, 1.807) is 14.2 Å². The van der Waals surface area contributed by atoms with Crippen LogP contribution >= 0.6 is 15.9 Å². The normalized spacial score (nSPS) is 18.5. The van der Waals surface area contributed by atoms with Gasteiger partial charge in [0.2, 0.25) is 0 Å². The molecule has 2 aromatic carbocycles. The van der Waals surface area contributed by atoms with E-state index in [0.717, 1.165) is 21.2 Å². The number of rotatable bonds is 5. The molecule has 0 aromatic heterocycles. The lowest BCUT2D eigenvalue weighted by atomic mass is 9.76. The minimum atomic E-state index is -1.28. The molecule has 1 atom stereocenters. The number of hydrogen-bond acceptors (Lipinski definition) is 3. The summed E-state index contributed by atoms with van der Waals surface area (Å²) in [4.78, 5) is 0. The van der Waals surface area contributed by atoms with Gasteiger partial charge in [0, 0.05) is 25.1 Å². The number of hydrogen-bond donors (Lipinski definition) is 1. The number of halogens is 1. The van der Waals surface area contributed by atoms with Gasteiger partial charge in [-0.1, -0.05) is 70.5 Å². The van der Waals surface area contributed by atoms with Crippen LogP contribution < -0.4 is 0 Å². The lowest BCUT2D eigenvalue weighted by Gasteiger charge is -2.38. The summed E-state index contributed by atoms with van der Waals surface area (Å²) in [6.07, 6.45) is 6.10. The molecule has 0 fully saturated rings. The Hall–Kier alpha value is -1.72. The standard InChI is InChI=1S/C21H21BrO3/c1-24-20(25-2)13-7-11-18(15-20)21(23,16-8-4-3-5-9-16)17-10-6-12-19(22)14-17/h3-14,23H,15H2,1-2H3/t21-/m0/s1. The molecular formula is C21H21BrO3. The van der Waals surface area contributed by atoms with E-state index in [9.17, 15) is 5.11 Å². The van der Waals surface area contributed by atoms with E-state index in [2.05, 4.69) is 15.9 Å². The van der Waals surface area contributed by atoms with Crippen molar-refractivity contribution in [2.24, 2.45) is 0 Å². The van der Waals surface area contributed by atoms with Gasteiger partial charge in [-0.05, 0) is 34.9 Å². The Morgan fingerprint density at radius 1 is 1.00 bits per heavy atom. The van der Waals surface area contributed by atoms with Gasteiger partial charge in [0.1, 0.15) is 5.60 Å². The summed E-state index contributed by atoms with van der Waals surface area (Å²) >= 11 is 3.51. The van der Waals surface area contributed by atoms with Crippen molar-refractivity contribution in [3.05, 3.63) is 94.0 Å². The molecule has 1 aliphatic carbocycles. The van der Waals surface area contributed by atoms with Crippen LogP contribution in [0.3, 0.4) is 0 Å². The summed E-state index contributed by atoms with van der Waals surface area (Å²) in [5, 5.41) is 11.9. The molecule has 25 heavy (non-hydrogen) atoms. The van der Waals surface area contributed by atoms with Crippen LogP contribution in [0.1, 0.15) is 17.5 Å². The fourth-order valence-corrected chi connectivity index (χ4v) is 3.64. The molecule has 0 saturated carbocycles. The Bertz CT molecular complexity index is 794. The van der Waals surface area contributed by atoms with Crippen LogP contribution in [0.15, 0.2) is 82.9 Å². The van der Waals surface area contributed by atoms with Crippen molar-refractivity contribution in [2.45, 2.75) is 17.8 Å². The summed E-state index contributed by atoms with van der Waals surface area (Å²) < 4.78 is 12.1. The van der Waals surface area contributed by atoms with E-state index < -0.39 is 11.4 Å². The summed E-state index contributed by atoms with van der Waals surface area (Å²) in [5.41, 5.74) is 1.12. The molecule has 0 spiro atoms. The Morgan fingerprint density at radius 2 is 1.68 bits per heavy atom. The SMILES string of the molecule is COC1(OC)C=CC=C([C@](O)(c2ccccc2)c2cccc(Br)c2)C1. The van der Waals surface area contributed by atoms with Gasteiger partial charge in [-0.15, -0.1) is 0 Å². The zero-order chi connectivity index (χ0) is 17.9. The summed E-state index contributed by atoms with van der Waals surface area (Å²) in [6, 6.07) is 17.4. The van der Waals surface area contributed by atoms with Crippen molar-refractivity contribution >= 4 is 15.9 Å². The Labute approximate surface area is 156 Å². The third-order valence-corrected chi connectivity index (χ3v) is 5.17. The first-order valence-electron chi connectivity index (χ1n) is 8.07. The van der Waals surface area contributed by atoms with Gasteiger partial charge in [0.05, 0.1) is 0 Å². The van der Waals surface area contributed by atoms with Gasteiger partial charge in [0.15, 0.2) is 5.79 Å². The van der Waals surface area contributed by atoms with E-state index in [-0.39, 0.29) is 0 Å². The average Bonchev–Trinajstić information content (AvgIpc) is 2.68. The molecule has 1 N–H and O–H groups in total. The van der Waals surface area contributed by atoms with Gasteiger partial charge in [-0.3, -0.25) is 0 Å². The van der Waals surface area contributed by atoms with Crippen LogP contribution in [0, 0.1) is 0 Å². The monoisotopic (exact) mass is 400 g/mol. The number of ether oxygens (including phenoxy) is 2. The van der Waals surface area contributed by atoms with E-state index >= 15 is 0 Å². The second-order valence-electron chi connectivity index (χ2n) is 6.03. The molecule has 0 heterocycles. The highest BCUT2D eigenvalue weighted by atomic mass is 79.9. The second kappa shape index (κ2) is 7.26. The van der Waals surface area contributed by atoms with Gasteiger partial charge in [0.25, 0.3) is 0 Å². The largest absolute Gasteiger partial charge is 0.376 e. The Morgan fingerprint density at radius 3 is 2.32 bits per heavy atom. The predicted molar refractivity (Wildman–Crippen MR) is 102 cm³/mol. The Balaban J connectivity index is 2.16. The predicted octanol–water partition coefficient (Wildman–Crippen LogP) is 4.56. The van der Waals surface area contributed by atoms with Gasteiger partial charge in [-0.25, -0.2) is 0 Å². The minimum absolute atomic E-state index is 0.425. The van der Waals surface area contributed by atoms with Crippen LogP contribution in [-0.4, -0.2) is 25.1 Å². The molecule has 0 amide bonds. The van der Waals surface area contributed by atoms with Crippen molar-refractivity contribution in [3.63, 3.8) is 0 Å².